The third kappa shape index (κ3) is 4.85. The van der Waals surface area contributed by atoms with Crippen LogP contribution >= 0.6 is 0 Å². The van der Waals surface area contributed by atoms with E-state index >= 15 is 0 Å². The number of nitrogens with zero attached hydrogens (tertiary/aromatic N) is 1. The normalized spacial score (nSPS) is 17.9. The molecule has 0 saturated carbocycles. The van der Waals surface area contributed by atoms with Crippen LogP contribution < -0.4 is 10.6 Å². The Kier molecular flexibility index (Phi) is 5.48. The smallest absolute Gasteiger partial charge is 0.325 e. The number of urea groups is 1. The molecule has 1 fully saturated rings. The molecule has 1 heterocycles. The van der Waals surface area contributed by atoms with E-state index in [0.717, 1.165) is 0 Å². The average Bonchev–Trinajstić information content (AvgIpc) is 2.95. The van der Waals surface area contributed by atoms with Gasteiger partial charge in [0.2, 0.25) is 5.91 Å². The first-order chi connectivity index (χ1) is 10.5. The molecule has 0 bridgehead atoms. The number of hydrogen-bond acceptors (Lipinski definition) is 4. The minimum absolute atomic E-state index is 0.161. The van der Waals surface area contributed by atoms with Gasteiger partial charge in [-0.3, -0.25) is 14.9 Å². The molecule has 1 saturated heterocycles. The molecule has 0 aromatic heterocycles. The zero-order chi connectivity index (χ0) is 15.9. The highest BCUT2D eigenvalue weighted by Crippen LogP contribution is 2.16. The van der Waals surface area contributed by atoms with Crippen molar-refractivity contribution in [2.75, 3.05) is 25.0 Å². The van der Waals surface area contributed by atoms with Crippen molar-refractivity contribution in [2.45, 2.75) is 12.8 Å². The van der Waals surface area contributed by atoms with Crippen LogP contribution in [0.15, 0.2) is 30.3 Å². The Morgan fingerprint density at radius 1 is 1.23 bits per heavy atom. The monoisotopic (exact) mass is 305 g/mol. The quantitative estimate of drug-likeness (QED) is 0.757. The van der Waals surface area contributed by atoms with Crippen molar-refractivity contribution in [1.82, 2.24) is 10.2 Å². The number of carbonyl (C=O) groups excluding carboxylic acids is 2. The van der Waals surface area contributed by atoms with Crippen LogP contribution in [0.25, 0.3) is 0 Å². The van der Waals surface area contributed by atoms with Gasteiger partial charge in [0.05, 0.1) is 5.92 Å². The van der Waals surface area contributed by atoms with Gasteiger partial charge in [-0.1, -0.05) is 18.2 Å². The van der Waals surface area contributed by atoms with Crippen LogP contribution in [-0.2, 0) is 9.59 Å². The van der Waals surface area contributed by atoms with Crippen molar-refractivity contribution in [3.05, 3.63) is 30.3 Å². The van der Waals surface area contributed by atoms with Gasteiger partial charge in [0.1, 0.15) is 0 Å². The number of carbonyl (C=O) groups is 3. The van der Waals surface area contributed by atoms with Crippen molar-refractivity contribution in [3.8, 4) is 0 Å². The molecule has 3 amide bonds. The van der Waals surface area contributed by atoms with Crippen molar-refractivity contribution in [3.63, 3.8) is 0 Å². The van der Waals surface area contributed by atoms with Crippen LogP contribution in [0, 0.1) is 5.92 Å². The predicted octanol–water partition coefficient (Wildman–Crippen LogP) is 1.13. The number of benzene rings is 1. The molecular weight excluding hydrogens is 286 g/mol. The van der Waals surface area contributed by atoms with Crippen molar-refractivity contribution >= 4 is 23.6 Å². The molecule has 1 unspecified atom stereocenters. The second kappa shape index (κ2) is 7.56. The summed E-state index contributed by atoms with van der Waals surface area (Å²) in [5, 5.41) is 13.7. The van der Waals surface area contributed by atoms with E-state index in [4.69, 9.17) is 5.11 Å². The van der Waals surface area contributed by atoms with Gasteiger partial charge in [-0.25, -0.2) is 4.79 Å². The standard InChI is InChI=1S/C15H19N3O4/c19-13(7-9-18-8-6-11(10-18)14(20)21)17-15(22)16-12-4-2-1-3-5-12/h1-5,11H,6-10H2,(H,20,21)(H2,16,17,19,22). The van der Waals surface area contributed by atoms with E-state index in [1.807, 2.05) is 11.0 Å². The Morgan fingerprint density at radius 2 is 1.95 bits per heavy atom. The van der Waals surface area contributed by atoms with Gasteiger partial charge in [0.25, 0.3) is 0 Å². The van der Waals surface area contributed by atoms with E-state index in [0.29, 0.717) is 31.7 Å². The fourth-order valence-electron chi connectivity index (χ4n) is 2.37. The minimum atomic E-state index is -0.797. The molecule has 118 valence electrons. The lowest BCUT2D eigenvalue weighted by atomic mass is 10.1. The van der Waals surface area contributed by atoms with Gasteiger partial charge in [-0.2, -0.15) is 0 Å². The third-order valence-electron chi connectivity index (χ3n) is 3.56. The summed E-state index contributed by atoms with van der Waals surface area (Å²) in [5.41, 5.74) is 0.608. The van der Waals surface area contributed by atoms with E-state index in [2.05, 4.69) is 10.6 Å². The highest BCUT2D eigenvalue weighted by atomic mass is 16.4. The topological polar surface area (TPSA) is 98.7 Å². The highest BCUT2D eigenvalue weighted by Gasteiger charge is 2.27. The fraction of sp³-hybridized carbons (Fsp3) is 0.400. The molecule has 0 radical (unpaired) electrons. The second-order valence-corrected chi connectivity index (χ2v) is 5.24. The lowest BCUT2D eigenvalue weighted by Crippen LogP contribution is -2.36. The number of aliphatic carboxylic acids is 1. The molecule has 7 nitrogen and oxygen atoms in total. The molecule has 1 aromatic carbocycles. The van der Waals surface area contributed by atoms with Gasteiger partial charge in [-0.05, 0) is 25.1 Å². The van der Waals surface area contributed by atoms with E-state index < -0.39 is 12.0 Å². The summed E-state index contributed by atoms with van der Waals surface area (Å²) in [6.45, 7) is 1.58. The molecule has 1 aromatic rings. The van der Waals surface area contributed by atoms with Crippen LogP contribution in [0.1, 0.15) is 12.8 Å². The number of nitrogens with one attached hydrogen (secondary N) is 2. The summed E-state index contributed by atoms with van der Waals surface area (Å²) in [5.74, 6) is -1.54. The summed E-state index contributed by atoms with van der Waals surface area (Å²) in [6.07, 6.45) is 0.764. The van der Waals surface area contributed by atoms with E-state index in [9.17, 15) is 14.4 Å². The molecule has 2 rings (SSSR count). The summed E-state index contributed by atoms with van der Waals surface area (Å²) >= 11 is 0. The van der Waals surface area contributed by atoms with Crippen LogP contribution in [0.5, 0.6) is 0 Å². The van der Waals surface area contributed by atoms with Crippen LogP contribution in [0.4, 0.5) is 10.5 Å². The Morgan fingerprint density at radius 3 is 2.59 bits per heavy atom. The maximum Gasteiger partial charge on any atom is 0.325 e. The van der Waals surface area contributed by atoms with Gasteiger partial charge in [0.15, 0.2) is 0 Å². The number of carboxylic acid groups (broad SMARTS) is 1. The third-order valence-corrected chi connectivity index (χ3v) is 3.56. The Bertz CT molecular complexity index is 547. The van der Waals surface area contributed by atoms with Crippen molar-refractivity contribution in [2.24, 2.45) is 5.92 Å². The van der Waals surface area contributed by atoms with Crippen LogP contribution in [-0.4, -0.2) is 47.5 Å². The number of para-hydroxylation sites is 1. The molecule has 0 aliphatic carbocycles. The number of imide groups is 1. The Balaban J connectivity index is 1.68. The fourth-order valence-corrected chi connectivity index (χ4v) is 2.37. The van der Waals surface area contributed by atoms with Gasteiger partial charge < -0.3 is 15.3 Å². The molecule has 3 N–H and O–H groups in total. The predicted molar refractivity (Wildman–Crippen MR) is 80.4 cm³/mol. The molecule has 1 aliphatic heterocycles. The number of hydrogen-bond donors (Lipinski definition) is 3. The summed E-state index contributed by atoms with van der Waals surface area (Å²) < 4.78 is 0. The number of carboxylic acids is 1. The van der Waals surface area contributed by atoms with Gasteiger partial charge in [-0.15, -0.1) is 0 Å². The maximum atomic E-state index is 11.7. The van der Waals surface area contributed by atoms with E-state index in [1.165, 1.54) is 0 Å². The number of anilines is 1. The number of rotatable bonds is 5. The first kappa shape index (κ1) is 16.0. The first-order valence-electron chi connectivity index (χ1n) is 7.15. The highest BCUT2D eigenvalue weighted by molar-refractivity contribution is 6.01. The Labute approximate surface area is 128 Å². The zero-order valence-electron chi connectivity index (χ0n) is 12.1. The molecule has 1 atom stereocenters. The van der Waals surface area contributed by atoms with E-state index in [1.54, 1.807) is 24.3 Å². The lowest BCUT2D eigenvalue weighted by molar-refractivity contribution is -0.141. The number of amides is 3. The maximum absolute atomic E-state index is 11.7. The Hall–Kier alpha value is -2.41. The molecule has 0 spiro atoms. The zero-order valence-corrected chi connectivity index (χ0v) is 12.1. The van der Waals surface area contributed by atoms with Crippen molar-refractivity contribution in [1.29, 1.82) is 0 Å². The average molecular weight is 305 g/mol. The summed E-state index contributed by atoms with van der Waals surface area (Å²) in [7, 11) is 0. The molecule has 7 heteroatoms. The van der Waals surface area contributed by atoms with Crippen molar-refractivity contribution < 1.29 is 19.5 Å². The first-order valence-corrected chi connectivity index (χ1v) is 7.15. The summed E-state index contributed by atoms with van der Waals surface area (Å²) in [6, 6.07) is 8.27. The van der Waals surface area contributed by atoms with Gasteiger partial charge >= 0.3 is 12.0 Å². The largest absolute Gasteiger partial charge is 0.481 e. The van der Waals surface area contributed by atoms with Gasteiger partial charge in [0, 0.05) is 25.2 Å². The number of likely N-dealkylation sites (tertiary alicyclic amines) is 1. The second-order valence-electron chi connectivity index (χ2n) is 5.24. The molecular formula is C15H19N3O4. The van der Waals surface area contributed by atoms with Crippen LogP contribution in [0.2, 0.25) is 0 Å². The lowest BCUT2D eigenvalue weighted by Gasteiger charge is -2.14. The van der Waals surface area contributed by atoms with Crippen LogP contribution in [0.3, 0.4) is 0 Å². The SMILES string of the molecule is O=C(CCN1CCC(C(=O)O)C1)NC(=O)Nc1ccccc1. The summed E-state index contributed by atoms with van der Waals surface area (Å²) in [4.78, 5) is 36.1. The molecule has 22 heavy (non-hydrogen) atoms. The minimum Gasteiger partial charge on any atom is -0.481 e. The van der Waals surface area contributed by atoms with E-state index in [-0.39, 0.29) is 18.2 Å². The molecule has 1 aliphatic rings.